The van der Waals surface area contributed by atoms with E-state index in [-0.39, 0.29) is 12.1 Å². The van der Waals surface area contributed by atoms with E-state index >= 15 is 0 Å². The third-order valence-corrected chi connectivity index (χ3v) is 3.13. The maximum Gasteiger partial charge on any atom is 0.441 e. The summed E-state index contributed by atoms with van der Waals surface area (Å²) in [5.41, 5.74) is 1.78. The number of rotatable bonds is 2. The first-order valence-electron chi connectivity index (χ1n) is 6.07. The zero-order valence-corrected chi connectivity index (χ0v) is 11.0. The maximum atomic E-state index is 12.0. The van der Waals surface area contributed by atoms with E-state index in [1.54, 1.807) is 19.2 Å². The Morgan fingerprint density at radius 3 is 2.80 bits per heavy atom. The van der Waals surface area contributed by atoms with Crippen LogP contribution in [0, 0.1) is 13.8 Å². The summed E-state index contributed by atoms with van der Waals surface area (Å²) in [5, 5.41) is 3.58. The Kier molecular flexibility index (Phi) is 2.74. The molecule has 102 valence electrons. The summed E-state index contributed by atoms with van der Waals surface area (Å²) in [4.78, 5) is 28.0. The molecule has 0 radical (unpaired) electrons. The average molecular weight is 272 g/mol. The lowest BCUT2D eigenvalue weighted by Gasteiger charge is -2.06. The number of nitrogens with zero attached hydrogens (tertiary/aromatic N) is 4. The van der Waals surface area contributed by atoms with E-state index in [4.69, 9.17) is 0 Å². The van der Waals surface area contributed by atoms with Gasteiger partial charge in [0.1, 0.15) is 5.65 Å². The molecule has 0 spiro atoms. The minimum Gasteiger partial charge on any atom is -0.296 e. The van der Waals surface area contributed by atoms with Crippen molar-refractivity contribution in [2.45, 2.75) is 20.4 Å². The van der Waals surface area contributed by atoms with E-state index in [0.29, 0.717) is 17.2 Å². The van der Waals surface area contributed by atoms with Gasteiger partial charge >= 0.3 is 5.76 Å². The highest BCUT2D eigenvalue weighted by Gasteiger charge is 2.10. The molecule has 3 aromatic rings. The molecule has 0 fully saturated rings. The molecule has 0 aromatic carbocycles. The van der Waals surface area contributed by atoms with E-state index in [9.17, 15) is 9.59 Å². The van der Waals surface area contributed by atoms with E-state index in [0.717, 1.165) is 5.56 Å². The number of aryl methyl sites for hydroxylation is 2. The summed E-state index contributed by atoms with van der Waals surface area (Å²) in [6.07, 6.45) is 1.66. The lowest BCUT2D eigenvalue weighted by Crippen LogP contribution is -2.21. The Morgan fingerprint density at radius 2 is 2.10 bits per heavy atom. The molecular formula is C13H12N4O3. The average Bonchev–Trinajstić information content (AvgIpc) is 2.72. The lowest BCUT2D eigenvalue weighted by molar-refractivity contribution is 0.375. The van der Waals surface area contributed by atoms with Crippen LogP contribution in [0.1, 0.15) is 17.1 Å². The number of hydrogen-bond acceptors (Lipinski definition) is 5. The number of aromatic nitrogens is 4. The molecule has 0 saturated carbocycles. The molecule has 0 saturated heterocycles. The van der Waals surface area contributed by atoms with Crippen molar-refractivity contribution in [3.8, 4) is 0 Å². The fraction of sp³-hybridized carbons (Fsp3) is 0.231. The molecule has 3 aromatic heterocycles. The van der Waals surface area contributed by atoms with Crippen LogP contribution in [0.3, 0.4) is 0 Å². The molecule has 7 heteroatoms. The van der Waals surface area contributed by atoms with Crippen LogP contribution in [-0.4, -0.2) is 19.1 Å². The second-order valence-electron chi connectivity index (χ2n) is 4.55. The normalized spacial score (nSPS) is 11.1. The molecule has 0 N–H and O–H groups in total. The molecule has 20 heavy (non-hydrogen) atoms. The highest BCUT2D eigenvalue weighted by molar-refractivity contribution is 5.46. The second kappa shape index (κ2) is 4.44. The minimum atomic E-state index is -0.561. The standard InChI is InChI=1S/C13H12N4O3/c1-8-4-3-5-16-11(18)6-10(14-12(8)16)7-17-9(2)15-20-13(17)19/h3-6H,7H2,1-2H3. The van der Waals surface area contributed by atoms with Crippen LogP contribution in [0.25, 0.3) is 5.65 Å². The van der Waals surface area contributed by atoms with Gasteiger partial charge in [-0.05, 0) is 25.5 Å². The SMILES string of the molecule is Cc1cccn2c(=O)cc(Cn3c(C)noc3=O)nc12. The lowest BCUT2D eigenvalue weighted by atomic mass is 10.3. The van der Waals surface area contributed by atoms with E-state index in [1.807, 2.05) is 13.0 Å². The van der Waals surface area contributed by atoms with E-state index in [2.05, 4.69) is 14.7 Å². The van der Waals surface area contributed by atoms with Crippen LogP contribution in [-0.2, 0) is 6.54 Å². The van der Waals surface area contributed by atoms with Crippen molar-refractivity contribution in [2.75, 3.05) is 0 Å². The number of hydrogen-bond donors (Lipinski definition) is 0. The van der Waals surface area contributed by atoms with Gasteiger partial charge in [0.15, 0.2) is 5.82 Å². The number of pyridine rings is 1. The Morgan fingerprint density at radius 1 is 1.30 bits per heavy atom. The largest absolute Gasteiger partial charge is 0.441 e. The second-order valence-corrected chi connectivity index (χ2v) is 4.55. The quantitative estimate of drug-likeness (QED) is 0.678. The molecule has 0 atom stereocenters. The van der Waals surface area contributed by atoms with Gasteiger partial charge in [-0.1, -0.05) is 11.2 Å². The van der Waals surface area contributed by atoms with Gasteiger partial charge in [-0.15, -0.1) is 0 Å². The zero-order valence-electron chi connectivity index (χ0n) is 11.0. The number of fused-ring (bicyclic) bond motifs is 1. The molecule has 0 amide bonds. The highest BCUT2D eigenvalue weighted by atomic mass is 16.5. The molecule has 3 heterocycles. The summed E-state index contributed by atoms with van der Waals surface area (Å²) in [6.45, 7) is 3.70. The topological polar surface area (TPSA) is 82.4 Å². The van der Waals surface area contributed by atoms with Gasteiger partial charge in [0, 0.05) is 12.3 Å². The molecule has 0 aliphatic rings. The van der Waals surface area contributed by atoms with Crippen LogP contribution in [0.4, 0.5) is 0 Å². The van der Waals surface area contributed by atoms with Gasteiger partial charge in [0.25, 0.3) is 5.56 Å². The summed E-state index contributed by atoms with van der Waals surface area (Å²) in [6, 6.07) is 5.08. The third-order valence-electron chi connectivity index (χ3n) is 3.13. The molecule has 0 unspecified atom stereocenters. The van der Waals surface area contributed by atoms with E-state index < -0.39 is 5.76 Å². The van der Waals surface area contributed by atoms with Crippen LogP contribution >= 0.6 is 0 Å². The molecular weight excluding hydrogens is 260 g/mol. The van der Waals surface area contributed by atoms with Gasteiger partial charge in [0.05, 0.1) is 12.2 Å². The van der Waals surface area contributed by atoms with Crippen LogP contribution < -0.4 is 11.3 Å². The van der Waals surface area contributed by atoms with Gasteiger partial charge in [-0.2, -0.15) is 0 Å². The van der Waals surface area contributed by atoms with Crippen LogP contribution in [0.2, 0.25) is 0 Å². The van der Waals surface area contributed by atoms with Crippen molar-refractivity contribution in [1.82, 2.24) is 19.1 Å². The third kappa shape index (κ3) is 1.93. The fourth-order valence-corrected chi connectivity index (χ4v) is 2.07. The summed E-state index contributed by atoms with van der Waals surface area (Å²) < 4.78 is 7.36. The fourth-order valence-electron chi connectivity index (χ4n) is 2.07. The molecule has 7 nitrogen and oxygen atoms in total. The Bertz CT molecular complexity index is 904. The van der Waals surface area contributed by atoms with Gasteiger partial charge < -0.3 is 0 Å². The van der Waals surface area contributed by atoms with Gasteiger partial charge in [0.2, 0.25) is 0 Å². The van der Waals surface area contributed by atoms with Gasteiger partial charge in [-0.3, -0.25) is 18.3 Å². The van der Waals surface area contributed by atoms with E-state index in [1.165, 1.54) is 15.0 Å². The summed E-state index contributed by atoms with van der Waals surface area (Å²) in [7, 11) is 0. The molecule has 3 rings (SSSR count). The van der Waals surface area contributed by atoms with Crippen molar-refractivity contribution in [1.29, 1.82) is 0 Å². The maximum absolute atomic E-state index is 12.0. The summed E-state index contributed by atoms with van der Waals surface area (Å²) >= 11 is 0. The van der Waals surface area contributed by atoms with Gasteiger partial charge in [-0.25, -0.2) is 9.78 Å². The Balaban J connectivity index is 2.16. The minimum absolute atomic E-state index is 0.161. The summed E-state index contributed by atoms with van der Waals surface area (Å²) in [5.74, 6) is -0.115. The van der Waals surface area contributed by atoms with Crippen molar-refractivity contribution < 1.29 is 4.52 Å². The molecule has 0 bridgehead atoms. The van der Waals surface area contributed by atoms with Crippen LogP contribution in [0.15, 0.2) is 38.5 Å². The molecule has 0 aliphatic carbocycles. The molecule has 0 aliphatic heterocycles. The first-order chi connectivity index (χ1) is 9.56. The Labute approximate surface area is 113 Å². The van der Waals surface area contributed by atoms with Crippen molar-refractivity contribution in [3.63, 3.8) is 0 Å². The predicted molar refractivity (Wildman–Crippen MR) is 70.8 cm³/mol. The first kappa shape index (κ1) is 12.3. The van der Waals surface area contributed by atoms with Crippen molar-refractivity contribution >= 4 is 5.65 Å². The smallest absolute Gasteiger partial charge is 0.296 e. The Hall–Kier alpha value is -2.70. The van der Waals surface area contributed by atoms with Crippen molar-refractivity contribution in [2.24, 2.45) is 0 Å². The monoisotopic (exact) mass is 272 g/mol. The zero-order chi connectivity index (χ0) is 14.3. The first-order valence-corrected chi connectivity index (χ1v) is 6.07. The van der Waals surface area contributed by atoms with Crippen LogP contribution in [0.5, 0.6) is 0 Å². The highest BCUT2D eigenvalue weighted by Crippen LogP contribution is 2.06. The van der Waals surface area contributed by atoms with Crippen molar-refractivity contribution in [3.05, 3.63) is 62.4 Å². The predicted octanol–water partition coefficient (Wildman–Crippen LogP) is 0.509.